The molecule has 0 saturated heterocycles. The highest BCUT2D eigenvalue weighted by atomic mass is 35.5. The van der Waals surface area contributed by atoms with Crippen LogP contribution >= 0.6 is 11.6 Å². The number of fused-ring (bicyclic) bond motifs is 1. The van der Waals surface area contributed by atoms with Crippen LogP contribution in [0.3, 0.4) is 0 Å². The molecule has 0 spiro atoms. The number of rotatable bonds is 3. The number of aromatic nitrogens is 1. The average molecular weight is 224 g/mol. The van der Waals surface area contributed by atoms with Gasteiger partial charge in [0.25, 0.3) is 0 Å². The Morgan fingerprint density at radius 1 is 1.33 bits per heavy atom. The lowest BCUT2D eigenvalue weighted by Gasteiger charge is -1.91. The quantitative estimate of drug-likeness (QED) is 0.590. The third-order valence-electron chi connectivity index (χ3n) is 1.95. The molecule has 0 aliphatic heterocycles. The predicted octanol–water partition coefficient (Wildman–Crippen LogP) is 1.96. The zero-order valence-electron chi connectivity index (χ0n) is 7.51. The molecule has 5 heteroatoms. The molecule has 15 heavy (non-hydrogen) atoms. The summed E-state index contributed by atoms with van der Waals surface area (Å²) >= 11 is 5.75. The fourth-order valence-corrected chi connectivity index (χ4v) is 1.37. The van der Waals surface area contributed by atoms with Gasteiger partial charge in [-0.15, -0.1) is 0 Å². The molecule has 0 saturated carbocycles. The Balaban J connectivity index is 2.55. The predicted molar refractivity (Wildman–Crippen MR) is 53.9 cm³/mol. The summed E-state index contributed by atoms with van der Waals surface area (Å²) in [5, 5.41) is 0.513. The normalized spacial score (nSPS) is 10.8. The Bertz CT molecular complexity index is 512. The first kappa shape index (κ1) is 9.86. The second kappa shape index (κ2) is 3.82. The van der Waals surface area contributed by atoms with Crippen molar-refractivity contribution in [2.24, 2.45) is 0 Å². The fourth-order valence-electron chi connectivity index (χ4n) is 1.21. The van der Waals surface area contributed by atoms with Crippen molar-refractivity contribution in [2.45, 2.75) is 5.92 Å². The van der Waals surface area contributed by atoms with Crippen LogP contribution in [0.4, 0.5) is 0 Å². The van der Waals surface area contributed by atoms with E-state index < -0.39 is 5.92 Å². The molecule has 0 aliphatic rings. The van der Waals surface area contributed by atoms with Gasteiger partial charge in [-0.05, 0) is 12.1 Å². The Labute approximate surface area is 89.8 Å². The Kier molecular flexibility index (Phi) is 2.51. The summed E-state index contributed by atoms with van der Waals surface area (Å²) in [4.78, 5) is 25.1. The van der Waals surface area contributed by atoms with Gasteiger partial charge in [0, 0.05) is 11.1 Å². The minimum absolute atomic E-state index is 0.0947. The number of halogens is 1. The molecule has 0 aliphatic carbocycles. The van der Waals surface area contributed by atoms with E-state index in [0.717, 1.165) is 0 Å². The summed E-state index contributed by atoms with van der Waals surface area (Å²) < 4.78 is 5.23. The number of carbonyl (C=O) groups is 2. The molecule has 1 aromatic heterocycles. The van der Waals surface area contributed by atoms with Crippen molar-refractivity contribution in [1.29, 1.82) is 0 Å². The summed E-state index contributed by atoms with van der Waals surface area (Å²) in [5.41, 5.74) is 1.04. The summed E-state index contributed by atoms with van der Waals surface area (Å²) in [5.74, 6) is -0.853. The van der Waals surface area contributed by atoms with Gasteiger partial charge < -0.3 is 14.0 Å². The zero-order valence-corrected chi connectivity index (χ0v) is 8.27. The highest BCUT2D eigenvalue weighted by Crippen LogP contribution is 2.22. The molecular weight excluding hydrogens is 218 g/mol. The van der Waals surface area contributed by atoms with Crippen LogP contribution in [0.2, 0.25) is 5.02 Å². The maximum atomic E-state index is 10.5. The molecule has 0 N–H and O–H groups in total. The molecule has 2 rings (SSSR count). The molecule has 0 bridgehead atoms. The van der Waals surface area contributed by atoms with Gasteiger partial charge in [0.05, 0.1) is 0 Å². The van der Waals surface area contributed by atoms with Crippen molar-refractivity contribution in [1.82, 2.24) is 4.98 Å². The van der Waals surface area contributed by atoms with Crippen LogP contribution in [0, 0.1) is 0 Å². The number of carbonyl (C=O) groups excluding carboxylic acids is 2. The lowest BCUT2D eigenvalue weighted by Crippen LogP contribution is -2.00. The fraction of sp³-hybridized carbons (Fsp3) is 0.100. The molecule has 0 unspecified atom stereocenters. The van der Waals surface area contributed by atoms with E-state index in [1.54, 1.807) is 18.2 Å². The SMILES string of the molecule is O=CC(C=O)c1nc2ccc(Cl)cc2o1. The van der Waals surface area contributed by atoms with Gasteiger partial charge in [-0.1, -0.05) is 11.6 Å². The maximum Gasteiger partial charge on any atom is 0.213 e. The second-order valence-corrected chi connectivity index (χ2v) is 3.40. The van der Waals surface area contributed by atoms with E-state index in [1.165, 1.54) is 0 Å². The van der Waals surface area contributed by atoms with Crippen LogP contribution in [0.15, 0.2) is 22.6 Å². The summed E-state index contributed by atoms with van der Waals surface area (Å²) in [7, 11) is 0. The van der Waals surface area contributed by atoms with Crippen LogP contribution < -0.4 is 0 Å². The highest BCUT2D eigenvalue weighted by Gasteiger charge is 2.16. The number of hydrogen-bond donors (Lipinski definition) is 0. The molecule has 76 valence electrons. The summed E-state index contributed by atoms with van der Waals surface area (Å²) in [6, 6.07) is 4.91. The van der Waals surface area contributed by atoms with Gasteiger partial charge >= 0.3 is 0 Å². The molecule has 0 fully saturated rings. The lowest BCUT2D eigenvalue weighted by molar-refractivity contribution is -0.116. The Hall–Kier alpha value is -1.68. The van der Waals surface area contributed by atoms with Gasteiger partial charge in [0.1, 0.15) is 24.0 Å². The van der Waals surface area contributed by atoms with Crippen molar-refractivity contribution in [3.05, 3.63) is 29.1 Å². The number of hydrogen-bond acceptors (Lipinski definition) is 4. The Morgan fingerprint density at radius 2 is 2.07 bits per heavy atom. The van der Waals surface area contributed by atoms with Gasteiger partial charge in [0.2, 0.25) is 5.89 Å². The highest BCUT2D eigenvalue weighted by molar-refractivity contribution is 6.31. The van der Waals surface area contributed by atoms with Crippen molar-refractivity contribution in [3.8, 4) is 0 Å². The van der Waals surface area contributed by atoms with Crippen LogP contribution in [0.25, 0.3) is 11.1 Å². The average Bonchev–Trinajstić information content (AvgIpc) is 2.62. The van der Waals surface area contributed by atoms with Crippen LogP contribution in [0.1, 0.15) is 11.8 Å². The van der Waals surface area contributed by atoms with E-state index in [0.29, 0.717) is 28.7 Å². The standard InChI is InChI=1S/C10H6ClNO3/c11-7-1-2-8-9(3-7)15-10(12-8)6(4-13)5-14/h1-6H. The van der Waals surface area contributed by atoms with E-state index in [4.69, 9.17) is 16.0 Å². The first-order valence-corrected chi connectivity index (χ1v) is 4.59. The molecule has 1 aromatic carbocycles. The smallest absolute Gasteiger partial charge is 0.213 e. The Morgan fingerprint density at radius 3 is 2.73 bits per heavy atom. The molecule has 4 nitrogen and oxygen atoms in total. The van der Waals surface area contributed by atoms with E-state index >= 15 is 0 Å². The molecule has 0 atom stereocenters. The van der Waals surface area contributed by atoms with Crippen LogP contribution in [-0.2, 0) is 9.59 Å². The first-order chi connectivity index (χ1) is 7.24. The number of benzene rings is 1. The van der Waals surface area contributed by atoms with Gasteiger partial charge in [-0.25, -0.2) is 4.98 Å². The largest absolute Gasteiger partial charge is 0.439 e. The van der Waals surface area contributed by atoms with Crippen LogP contribution in [0.5, 0.6) is 0 Å². The monoisotopic (exact) mass is 223 g/mol. The minimum Gasteiger partial charge on any atom is -0.439 e. The molecule has 0 radical (unpaired) electrons. The molecular formula is C10H6ClNO3. The lowest BCUT2D eigenvalue weighted by atomic mass is 10.2. The van der Waals surface area contributed by atoms with Crippen molar-refractivity contribution >= 4 is 35.3 Å². The minimum atomic E-state index is -0.948. The molecule has 1 heterocycles. The summed E-state index contributed by atoms with van der Waals surface area (Å²) in [6.45, 7) is 0. The van der Waals surface area contributed by atoms with E-state index in [1.807, 2.05) is 0 Å². The number of oxazole rings is 1. The molecule has 2 aromatic rings. The van der Waals surface area contributed by atoms with Crippen molar-refractivity contribution in [2.75, 3.05) is 0 Å². The first-order valence-electron chi connectivity index (χ1n) is 4.21. The number of aldehydes is 2. The van der Waals surface area contributed by atoms with E-state index in [-0.39, 0.29) is 5.89 Å². The van der Waals surface area contributed by atoms with Gasteiger partial charge in [-0.3, -0.25) is 0 Å². The zero-order chi connectivity index (χ0) is 10.8. The van der Waals surface area contributed by atoms with Crippen molar-refractivity contribution in [3.63, 3.8) is 0 Å². The van der Waals surface area contributed by atoms with E-state index in [9.17, 15) is 9.59 Å². The maximum absolute atomic E-state index is 10.5. The topological polar surface area (TPSA) is 60.2 Å². The summed E-state index contributed by atoms with van der Waals surface area (Å²) in [6.07, 6.45) is 0.971. The van der Waals surface area contributed by atoms with Gasteiger partial charge in [0.15, 0.2) is 5.58 Å². The number of nitrogens with zero attached hydrogens (tertiary/aromatic N) is 1. The third-order valence-corrected chi connectivity index (χ3v) is 2.18. The van der Waals surface area contributed by atoms with E-state index in [2.05, 4.69) is 4.98 Å². The second-order valence-electron chi connectivity index (χ2n) is 2.96. The van der Waals surface area contributed by atoms with Gasteiger partial charge in [-0.2, -0.15) is 0 Å². The van der Waals surface area contributed by atoms with Crippen molar-refractivity contribution < 1.29 is 14.0 Å². The molecule has 0 amide bonds. The third kappa shape index (κ3) is 1.76. The van der Waals surface area contributed by atoms with Crippen LogP contribution in [-0.4, -0.2) is 17.6 Å².